The first-order valence-corrected chi connectivity index (χ1v) is 3.04. The van der Waals surface area contributed by atoms with Gasteiger partial charge in [-0.3, -0.25) is 10.1 Å². The van der Waals surface area contributed by atoms with Gasteiger partial charge in [-0.25, -0.2) is 0 Å². The Morgan fingerprint density at radius 3 is 2.30 bits per heavy atom. The zero-order valence-electron chi connectivity index (χ0n) is 5.78. The van der Waals surface area contributed by atoms with Crippen molar-refractivity contribution in [2.45, 2.75) is 25.5 Å². The van der Waals surface area contributed by atoms with Crippen molar-refractivity contribution in [1.82, 2.24) is 0 Å². The van der Waals surface area contributed by atoms with Gasteiger partial charge in [0.05, 0.1) is 18.0 Å². The predicted molar refractivity (Wildman–Crippen MR) is 33.9 cm³/mol. The van der Waals surface area contributed by atoms with Gasteiger partial charge in [0.1, 0.15) is 0 Å². The Bertz CT molecular complexity index is 127. The van der Waals surface area contributed by atoms with Crippen molar-refractivity contribution in [3.63, 3.8) is 0 Å². The van der Waals surface area contributed by atoms with Crippen LogP contribution in [0, 0.1) is 10.1 Å². The minimum Gasteiger partial charge on any atom is -0.396 e. The van der Waals surface area contributed by atoms with E-state index in [1.54, 1.807) is 0 Å². The first kappa shape index (κ1) is 9.32. The van der Waals surface area contributed by atoms with E-state index in [9.17, 15) is 10.1 Å². The summed E-state index contributed by atoms with van der Waals surface area (Å²) in [4.78, 5) is 9.31. The molecule has 1 atom stereocenters. The van der Waals surface area contributed by atoms with Crippen LogP contribution in [0.3, 0.4) is 0 Å². The summed E-state index contributed by atoms with van der Waals surface area (Å²) in [5.41, 5.74) is -1.94. The molecule has 0 aliphatic heterocycles. The third-order valence-corrected chi connectivity index (χ3v) is 1.42. The molecule has 60 valence electrons. The van der Waals surface area contributed by atoms with E-state index in [1.165, 1.54) is 6.92 Å². The fourth-order valence-corrected chi connectivity index (χ4v) is 0.576. The van der Waals surface area contributed by atoms with Crippen LogP contribution in [0.25, 0.3) is 0 Å². The average Bonchev–Trinajstić information content (AvgIpc) is 1.88. The molecule has 0 fully saturated rings. The SMILES string of the molecule is CCC(O)(CCO)[N+](=O)[O-]. The van der Waals surface area contributed by atoms with Crippen LogP contribution in [0.1, 0.15) is 19.8 Å². The first-order chi connectivity index (χ1) is 4.56. The summed E-state index contributed by atoms with van der Waals surface area (Å²) in [6.45, 7) is 1.13. The second kappa shape index (κ2) is 3.48. The number of nitrogens with zero attached hydrogens (tertiary/aromatic N) is 1. The maximum absolute atomic E-state index is 10.1. The van der Waals surface area contributed by atoms with Gasteiger partial charge in [-0.2, -0.15) is 0 Å². The summed E-state index contributed by atoms with van der Waals surface area (Å²) in [5, 5.41) is 27.4. The van der Waals surface area contributed by atoms with E-state index < -0.39 is 10.6 Å². The van der Waals surface area contributed by atoms with Crippen molar-refractivity contribution in [3.05, 3.63) is 10.1 Å². The normalized spacial score (nSPS) is 16.3. The van der Waals surface area contributed by atoms with E-state index in [0.29, 0.717) is 0 Å². The summed E-state index contributed by atoms with van der Waals surface area (Å²) in [6.07, 6.45) is -0.197. The van der Waals surface area contributed by atoms with Crippen molar-refractivity contribution in [3.8, 4) is 0 Å². The van der Waals surface area contributed by atoms with E-state index in [2.05, 4.69) is 0 Å². The average molecular weight is 149 g/mol. The fourth-order valence-electron chi connectivity index (χ4n) is 0.576. The maximum Gasteiger partial charge on any atom is 0.324 e. The molecule has 5 heteroatoms. The Morgan fingerprint density at radius 2 is 2.20 bits per heavy atom. The smallest absolute Gasteiger partial charge is 0.324 e. The highest BCUT2D eigenvalue weighted by atomic mass is 16.7. The van der Waals surface area contributed by atoms with Gasteiger partial charge >= 0.3 is 5.72 Å². The molecular weight excluding hydrogens is 138 g/mol. The highest BCUT2D eigenvalue weighted by molar-refractivity contribution is 4.61. The topological polar surface area (TPSA) is 83.6 Å². The molecule has 0 radical (unpaired) electrons. The van der Waals surface area contributed by atoms with Crippen LogP contribution in [0.4, 0.5) is 0 Å². The highest BCUT2D eigenvalue weighted by Crippen LogP contribution is 2.14. The van der Waals surface area contributed by atoms with E-state index in [1.807, 2.05) is 0 Å². The minimum atomic E-state index is -1.94. The molecule has 0 aromatic rings. The molecule has 2 N–H and O–H groups in total. The molecule has 0 spiro atoms. The molecule has 0 aliphatic carbocycles. The van der Waals surface area contributed by atoms with Gasteiger partial charge in [0.2, 0.25) is 0 Å². The van der Waals surface area contributed by atoms with E-state index in [-0.39, 0.29) is 19.4 Å². The summed E-state index contributed by atoms with van der Waals surface area (Å²) >= 11 is 0. The lowest BCUT2D eigenvalue weighted by Crippen LogP contribution is -2.38. The lowest BCUT2D eigenvalue weighted by Gasteiger charge is -2.15. The molecule has 1 unspecified atom stereocenters. The monoisotopic (exact) mass is 149 g/mol. The lowest BCUT2D eigenvalue weighted by molar-refractivity contribution is -0.627. The van der Waals surface area contributed by atoms with Gasteiger partial charge in [0, 0.05) is 6.42 Å². The van der Waals surface area contributed by atoms with E-state index in [0.717, 1.165) is 0 Å². The molecule has 0 saturated carbocycles. The van der Waals surface area contributed by atoms with Crippen molar-refractivity contribution in [2.75, 3.05) is 6.61 Å². The molecule has 5 nitrogen and oxygen atoms in total. The number of nitro groups is 1. The number of hydrogen-bond donors (Lipinski definition) is 2. The summed E-state index contributed by atoms with van der Waals surface area (Å²) in [5.74, 6) is 0. The van der Waals surface area contributed by atoms with Crippen LogP contribution >= 0.6 is 0 Å². The Morgan fingerprint density at radius 1 is 1.70 bits per heavy atom. The standard InChI is InChI=1S/C5H11NO4/c1-2-5(8,3-4-7)6(9)10/h7-8H,2-4H2,1H3. The van der Waals surface area contributed by atoms with Gasteiger partial charge in [-0.1, -0.05) is 6.92 Å². The molecule has 0 saturated heterocycles. The van der Waals surface area contributed by atoms with Crippen molar-refractivity contribution >= 4 is 0 Å². The lowest BCUT2D eigenvalue weighted by atomic mass is 10.1. The van der Waals surface area contributed by atoms with Crippen molar-refractivity contribution in [1.29, 1.82) is 0 Å². The molecular formula is C5H11NO4. The van der Waals surface area contributed by atoms with Crippen LogP contribution < -0.4 is 0 Å². The quantitative estimate of drug-likeness (QED) is 0.328. The van der Waals surface area contributed by atoms with E-state index in [4.69, 9.17) is 10.2 Å². The molecule has 0 aliphatic rings. The summed E-state index contributed by atoms with van der Waals surface area (Å²) < 4.78 is 0. The molecule has 0 aromatic carbocycles. The zero-order chi connectivity index (χ0) is 8.20. The molecule has 0 bridgehead atoms. The Hall–Kier alpha value is -0.680. The fraction of sp³-hybridized carbons (Fsp3) is 1.00. The van der Waals surface area contributed by atoms with Gasteiger partial charge < -0.3 is 10.2 Å². The molecule has 10 heavy (non-hydrogen) atoms. The Kier molecular flexibility index (Phi) is 3.24. The van der Waals surface area contributed by atoms with Crippen LogP contribution in [0.15, 0.2) is 0 Å². The van der Waals surface area contributed by atoms with Crippen LogP contribution in [-0.2, 0) is 0 Å². The number of hydrogen-bond acceptors (Lipinski definition) is 4. The van der Waals surface area contributed by atoms with Crippen LogP contribution in [0.2, 0.25) is 0 Å². The van der Waals surface area contributed by atoms with Gasteiger partial charge in [0.25, 0.3) is 0 Å². The Labute approximate surface area is 58.4 Å². The number of rotatable bonds is 4. The maximum atomic E-state index is 10.1. The third-order valence-electron chi connectivity index (χ3n) is 1.42. The summed E-state index contributed by atoms with van der Waals surface area (Å²) in [6, 6.07) is 0. The second-order valence-electron chi connectivity index (χ2n) is 2.07. The van der Waals surface area contributed by atoms with Crippen molar-refractivity contribution < 1.29 is 15.1 Å². The number of aliphatic hydroxyl groups excluding tert-OH is 1. The predicted octanol–water partition coefficient (Wildman–Crippen LogP) is -0.256. The number of aliphatic hydroxyl groups is 2. The Balaban J connectivity index is 4.08. The van der Waals surface area contributed by atoms with Crippen molar-refractivity contribution in [2.24, 2.45) is 0 Å². The zero-order valence-corrected chi connectivity index (χ0v) is 5.78. The third kappa shape index (κ3) is 1.93. The largest absolute Gasteiger partial charge is 0.396 e. The molecule has 0 aromatic heterocycles. The first-order valence-electron chi connectivity index (χ1n) is 3.04. The van der Waals surface area contributed by atoms with Crippen LogP contribution in [-0.4, -0.2) is 27.5 Å². The molecule has 0 amide bonds. The summed E-state index contributed by atoms with van der Waals surface area (Å²) in [7, 11) is 0. The van der Waals surface area contributed by atoms with Gasteiger partial charge in [0.15, 0.2) is 0 Å². The van der Waals surface area contributed by atoms with E-state index >= 15 is 0 Å². The van der Waals surface area contributed by atoms with Gasteiger partial charge in [-0.05, 0) is 0 Å². The van der Waals surface area contributed by atoms with Crippen LogP contribution in [0.5, 0.6) is 0 Å². The van der Waals surface area contributed by atoms with Gasteiger partial charge in [-0.15, -0.1) is 0 Å². The second-order valence-corrected chi connectivity index (χ2v) is 2.07. The highest BCUT2D eigenvalue weighted by Gasteiger charge is 2.36. The molecule has 0 rings (SSSR count). The molecule has 0 heterocycles. The minimum absolute atomic E-state index is 0.0144.